The Hall–Kier alpha value is -3.49. The molecule has 0 spiro atoms. The average molecular weight is 493 g/mol. The number of anilines is 2. The number of rotatable bonds is 6. The minimum atomic E-state index is -0.385. The highest BCUT2D eigenvalue weighted by Gasteiger charge is 2.33. The van der Waals surface area contributed by atoms with Crippen LogP contribution in [0.1, 0.15) is 16.7 Å². The lowest BCUT2D eigenvalue weighted by molar-refractivity contribution is -0.118. The minimum Gasteiger partial charge on any atom is -0.484 e. The number of hydrogen-bond acceptors (Lipinski definition) is 5. The molecular weight excluding hydrogens is 471 g/mol. The molecule has 0 saturated carbocycles. The molecule has 0 bridgehead atoms. The molecule has 1 aliphatic heterocycles. The molecule has 2 amide bonds. The molecule has 0 radical (unpaired) electrons. The summed E-state index contributed by atoms with van der Waals surface area (Å²) in [6.45, 7) is 3.79. The van der Waals surface area contributed by atoms with E-state index in [2.05, 4.69) is 5.32 Å². The Morgan fingerprint density at radius 3 is 2.62 bits per heavy atom. The highest BCUT2D eigenvalue weighted by molar-refractivity contribution is 8.27. The first-order valence-electron chi connectivity index (χ1n) is 10.4. The molecule has 8 heteroatoms. The Morgan fingerprint density at radius 1 is 1.12 bits per heavy atom. The molecule has 5 nitrogen and oxygen atoms in total. The van der Waals surface area contributed by atoms with Crippen molar-refractivity contribution < 1.29 is 18.7 Å². The molecule has 1 fully saturated rings. The highest BCUT2D eigenvalue weighted by atomic mass is 32.2. The first kappa shape index (κ1) is 23.7. The number of benzene rings is 3. The molecule has 0 aromatic heterocycles. The Bertz CT molecular complexity index is 1310. The van der Waals surface area contributed by atoms with Crippen molar-refractivity contribution in [1.82, 2.24) is 0 Å². The van der Waals surface area contributed by atoms with Crippen LogP contribution in [0, 0.1) is 19.7 Å². The van der Waals surface area contributed by atoms with E-state index in [1.54, 1.807) is 24.3 Å². The average Bonchev–Trinajstić information content (AvgIpc) is 3.09. The molecule has 4 rings (SSSR count). The molecule has 3 aromatic rings. The van der Waals surface area contributed by atoms with Crippen LogP contribution in [0.3, 0.4) is 0 Å². The summed E-state index contributed by atoms with van der Waals surface area (Å²) in [5.74, 6) is -0.428. The molecule has 1 saturated heterocycles. The van der Waals surface area contributed by atoms with Gasteiger partial charge in [-0.3, -0.25) is 14.5 Å². The van der Waals surface area contributed by atoms with Gasteiger partial charge in [0, 0.05) is 5.69 Å². The van der Waals surface area contributed by atoms with Gasteiger partial charge in [-0.15, -0.1) is 0 Å². The number of hydrogen-bond donors (Lipinski definition) is 1. The van der Waals surface area contributed by atoms with E-state index in [-0.39, 0.29) is 24.2 Å². The van der Waals surface area contributed by atoms with Crippen molar-refractivity contribution in [3.05, 3.63) is 94.1 Å². The maximum atomic E-state index is 13.2. The van der Waals surface area contributed by atoms with Crippen LogP contribution in [0.15, 0.2) is 71.6 Å². The van der Waals surface area contributed by atoms with E-state index in [1.807, 2.05) is 38.1 Å². The summed E-state index contributed by atoms with van der Waals surface area (Å²) in [5.41, 5.74) is 4.10. The van der Waals surface area contributed by atoms with Crippen LogP contribution in [0.2, 0.25) is 0 Å². The molecule has 0 aliphatic carbocycles. The number of carbonyl (C=O) groups excluding carboxylic acids is 2. The molecular formula is C26H21FN2O3S2. The number of thioether (sulfide) groups is 1. The van der Waals surface area contributed by atoms with Crippen molar-refractivity contribution in [2.24, 2.45) is 0 Å². The fourth-order valence-electron chi connectivity index (χ4n) is 3.35. The molecule has 34 heavy (non-hydrogen) atoms. The van der Waals surface area contributed by atoms with Crippen LogP contribution in [0.4, 0.5) is 15.8 Å². The Kier molecular flexibility index (Phi) is 7.09. The summed E-state index contributed by atoms with van der Waals surface area (Å²) in [6.07, 6.45) is 1.71. The third-order valence-electron chi connectivity index (χ3n) is 5.28. The van der Waals surface area contributed by atoms with Crippen molar-refractivity contribution in [3.63, 3.8) is 0 Å². The van der Waals surface area contributed by atoms with Crippen LogP contribution >= 0.6 is 24.0 Å². The third kappa shape index (κ3) is 5.35. The SMILES string of the molecule is Cc1cccc(NC(=O)COc2cccc(/C=C3\SC(=S)N(c4ccc(F)cc4)C3=O)c2)c1C. The second-order valence-electron chi connectivity index (χ2n) is 7.65. The number of nitrogens with one attached hydrogen (secondary N) is 1. The van der Waals surface area contributed by atoms with Gasteiger partial charge >= 0.3 is 0 Å². The van der Waals surface area contributed by atoms with Gasteiger partial charge in [0.15, 0.2) is 10.9 Å². The standard InChI is InChI=1S/C26H21FN2O3S2/c1-16-5-3-8-22(17(16)2)28-24(30)15-32-21-7-4-6-18(13-21)14-23-25(31)29(26(33)34-23)20-11-9-19(27)10-12-20/h3-14H,15H2,1-2H3,(H,28,30)/b23-14-. The second-order valence-corrected chi connectivity index (χ2v) is 9.33. The van der Waals surface area contributed by atoms with Crippen LogP contribution in [-0.4, -0.2) is 22.7 Å². The quantitative estimate of drug-likeness (QED) is 0.345. The van der Waals surface area contributed by atoms with Crippen molar-refractivity contribution in [2.45, 2.75) is 13.8 Å². The van der Waals surface area contributed by atoms with Gasteiger partial charge in [0.05, 0.1) is 10.6 Å². The normalized spacial score (nSPS) is 14.6. The third-order valence-corrected chi connectivity index (χ3v) is 6.59. The smallest absolute Gasteiger partial charge is 0.270 e. The van der Waals surface area contributed by atoms with E-state index >= 15 is 0 Å². The summed E-state index contributed by atoms with van der Waals surface area (Å²) in [4.78, 5) is 27.1. The molecule has 1 N–H and O–H groups in total. The summed E-state index contributed by atoms with van der Waals surface area (Å²) >= 11 is 6.53. The van der Waals surface area contributed by atoms with E-state index in [0.29, 0.717) is 20.7 Å². The Labute approximate surface area is 206 Å². The minimum absolute atomic E-state index is 0.149. The largest absolute Gasteiger partial charge is 0.484 e. The van der Waals surface area contributed by atoms with Gasteiger partial charge < -0.3 is 10.1 Å². The lowest BCUT2D eigenvalue weighted by atomic mass is 10.1. The van der Waals surface area contributed by atoms with E-state index in [1.165, 1.54) is 40.9 Å². The zero-order valence-electron chi connectivity index (χ0n) is 18.5. The number of halogens is 1. The summed E-state index contributed by atoms with van der Waals surface area (Å²) in [5, 5.41) is 2.86. The number of carbonyl (C=O) groups is 2. The van der Waals surface area contributed by atoms with Crippen LogP contribution in [-0.2, 0) is 9.59 Å². The molecule has 0 unspecified atom stereocenters. The molecule has 1 heterocycles. The van der Waals surface area contributed by atoms with Gasteiger partial charge in [0.25, 0.3) is 11.8 Å². The summed E-state index contributed by atoms with van der Waals surface area (Å²) in [6, 6.07) is 18.4. The van der Waals surface area contributed by atoms with E-state index in [0.717, 1.165) is 22.4 Å². The predicted octanol–water partition coefficient (Wildman–Crippen LogP) is 5.87. The zero-order chi connectivity index (χ0) is 24.2. The number of aryl methyl sites for hydroxylation is 1. The maximum absolute atomic E-state index is 13.2. The van der Waals surface area contributed by atoms with E-state index in [4.69, 9.17) is 17.0 Å². The van der Waals surface area contributed by atoms with Gasteiger partial charge in [0.2, 0.25) is 0 Å². The number of amides is 2. The fourth-order valence-corrected chi connectivity index (χ4v) is 4.65. The van der Waals surface area contributed by atoms with Crippen LogP contribution in [0.25, 0.3) is 6.08 Å². The first-order chi connectivity index (χ1) is 16.3. The number of nitrogens with zero attached hydrogens (tertiary/aromatic N) is 1. The Balaban J connectivity index is 1.42. The predicted molar refractivity (Wildman–Crippen MR) is 139 cm³/mol. The van der Waals surface area contributed by atoms with Crippen LogP contribution < -0.4 is 15.0 Å². The van der Waals surface area contributed by atoms with E-state index < -0.39 is 0 Å². The topological polar surface area (TPSA) is 58.6 Å². The first-order valence-corrected chi connectivity index (χ1v) is 11.7. The van der Waals surface area contributed by atoms with Crippen molar-refractivity contribution >= 4 is 57.6 Å². The second kappa shape index (κ2) is 10.2. The van der Waals surface area contributed by atoms with E-state index in [9.17, 15) is 14.0 Å². The van der Waals surface area contributed by atoms with Crippen molar-refractivity contribution in [2.75, 3.05) is 16.8 Å². The van der Waals surface area contributed by atoms with Gasteiger partial charge in [-0.05, 0) is 79.1 Å². The summed E-state index contributed by atoms with van der Waals surface area (Å²) < 4.78 is 19.3. The number of ether oxygens (including phenoxy) is 1. The van der Waals surface area contributed by atoms with Gasteiger partial charge in [-0.25, -0.2) is 4.39 Å². The molecule has 172 valence electrons. The number of thiocarbonyl (C=S) groups is 1. The fraction of sp³-hybridized carbons (Fsp3) is 0.115. The van der Waals surface area contributed by atoms with Gasteiger partial charge in [-0.2, -0.15) is 0 Å². The van der Waals surface area contributed by atoms with Crippen molar-refractivity contribution in [1.29, 1.82) is 0 Å². The molecule has 3 aromatic carbocycles. The lowest BCUT2D eigenvalue weighted by Crippen LogP contribution is -2.27. The maximum Gasteiger partial charge on any atom is 0.270 e. The van der Waals surface area contributed by atoms with Gasteiger partial charge in [-0.1, -0.05) is 48.2 Å². The van der Waals surface area contributed by atoms with Crippen LogP contribution in [0.5, 0.6) is 5.75 Å². The van der Waals surface area contributed by atoms with Crippen molar-refractivity contribution in [3.8, 4) is 5.75 Å². The Morgan fingerprint density at radius 2 is 1.85 bits per heavy atom. The highest BCUT2D eigenvalue weighted by Crippen LogP contribution is 2.36. The molecule has 1 aliphatic rings. The summed E-state index contributed by atoms with van der Waals surface area (Å²) in [7, 11) is 0. The lowest BCUT2D eigenvalue weighted by Gasteiger charge is -2.14. The van der Waals surface area contributed by atoms with Gasteiger partial charge in [0.1, 0.15) is 11.6 Å². The zero-order valence-corrected chi connectivity index (χ0v) is 20.1. The molecule has 0 atom stereocenters. The monoisotopic (exact) mass is 492 g/mol.